The van der Waals surface area contributed by atoms with Crippen molar-refractivity contribution in [3.63, 3.8) is 0 Å². The van der Waals surface area contributed by atoms with Crippen molar-refractivity contribution in [1.29, 1.82) is 0 Å². The largest absolute Gasteiger partial charge is 0.497 e. The first-order valence-corrected chi connectivity index (χ1v) is 6.34. The minimum atomic E-state index is -4.48. The van der Waals surface area contributed by atoms with E-state index in [0.717, 1.165) is 6.07 Å². The molecule has 0 spiro atoms. The van der Waals surface area contributed by atoms with Gasteiger partial charge >= 0.3 is 6.18 Å². The zero-order chi connectivity index (χ0) is 14.8. The number of hydrogen-bond acceptors (Lipinski definition) is 3. The number of halogens is 4. The lowest BCUT2D eigenvalue weighted by Gasteiger charge is -2.11. The number of methoxy groups -OCH3 is 1. The number of nitrogens with zero attached hydrogens (tertiary/aromatic N) is 1. The molecule has 106 valence electrons. The second-order valence-corrected chi connectivity index (χ2v) is 4.73. The molecule has 0 saturated carbocycles. The lowest BCUT2D eigenvalue weighted by molar-refractivity contribution is -0.141. The summed E-state index contributed by atoms with van der Waals surface area (Å²) in [7, 11) is 1.54. The maximum atomic E-state index is 12.6. The zero-order valence-electron chi connectivity index (χ0n) is 10.3. The van der Waals surface area contributed by atoms with Crippen molar-refractivity contribution in [3.05, 3.63) is 46.6 Å². The van der Waals surface area contributed by atoms with Crippen molar-refractivity contribution < 1.29 is 17.9 Å². The topological polar surface area (TPSA) is 34.1 Å². The number of anilines is 2. The molecule has 0 atom stereocenters. The van der Waals surface area contributed by atoms with Crippen LogP contribution in [0.2, 0.25) is 0 Å². The summed E-state index contributed by atoms with van der Waals surface area (Å²) in [4.78, 5) is 3.57. The van der Waals surface area contributed by atoms with E-state index in [4.69, 9.17) is 4.74 Å². The van der Waals surface area contributed by atoms with Crippen LogP contribution in [0.1, 0.15) is 5.69 Å². The van der Waals surface area contributed by atoms with E-state index in [1.54, 1.807) is 24.3 Å². The van der Waals surface area contributed by atoms with Crippen molar-refractivity contribution in [2.45, 2.75) is 6.18 Å². The van der Waals surface area contributed by atoms with Crippen LogP contribution in [0.4, 0.5) is 24.7 Å². The lowest BCUT2D eigenvalue weighted by Crippen LogP contribution is -2.09. The van der Waals surface area contributed by atoms with Gasteiger partial charge in [-0.05, 0) is 52.3 Å². The van der Waals surface area contributed by atoms with Crippen LogP contribution in [-0.4, -0.2) is 12.1 Å². The highest BCUT2D eigenvalue weighted by molar-refractivity contribution is 9.10. The molecule has 3 nitrogen and oxygen atoms in total. The van der Waals surface area contributed by atoms with Crippen LogP contribution in [0.5, 0.6) is 5.75 Å². The Kier molecular flexibility index (Phi) is 4.17. The second-order valence-electron chi connectivity index (χ2n) is 3.88. The molecule has 1 heterocycles. The van der Waals surface area contributed by atoms with E-state index in [1.165, 1.54) is 13.2 Å². The average molecular weight is 347 g/mol. The number of ether oxygens (including phenoxy) is 1. The zero-order valence-corrected chi connectivity index (χ0v) is 11.9. The van der Waals surface area contributed by atoms with Gasteiger partial charge in [-0.1, -0.05) is 0 Å². The van der Waals surface area contributed by atoms with Crippen molar-refractivity contribution in [2.24, 2.45) is 0 Å². The van der Waals surface area contributed by atoms with Gasteiger partial charge in [-0.25, -0.2) is 4.98 Å². The van der Waals surface area contributed by atoms with Crippen LogP contribution >= 0.6 is 15.9 Å². The molecule has 2 rings (SSSR count). The van der Waals surface area contributed by atoms with E-state index in [1.807, 2.05) is 0 Å². The molecule has 7 heteroatoms. The molecule has 0 bridgehead atoms. The van der Waals surface area contributed by atoms with Gasteiger partial charge in [0.05, 0.1) is 11.6 Å². The summed E-state index contributed by atoms with van der Waals surface area (Å²) < 4.78 is 43.3. The van der Waals surface area contributed by atoms with E-state index in [-0.39, 0.29) is 5.82 Å². The molecule has 0 aliphatic rings. The lowest BCUT2D eigenvalue weighted by atomic mass is 10.3. The summed E-state index contributed by atoms with van der Waals surface area (Å²) >= 11 is 3.17. The Morgan fingerprint density at radius 2 is 1.75 bits per heavy atom. The molecule has 0 fully saturated rings. The fourth-order valence-corrected chi connectivity index (χ4v) is 1.82. The number of hydrogen-bond donors (Lipinski definition) is 1. The quantitative estimate of drug-likeness (QED) is 0.880. The van der Waals surface area contributed by atoms with Gasteiger partial charge < -0.3 is 10.1 Å². The Hall–Kier alpha value is -1.76. The summed E-state index contributed by atoms with van der Waals surface area (Å²) in [5.41, 5.74) is -0.338. The van der Waals surface area contributed by atoms with Gasteiger partial charge in [0.2, 0.25) is 0 Å². The average Bonchev–Trinajstić information content (AvgIpc) is 2.41. The van der Waals surface area contributed by atoms with Crippen LogP contribution < -0.4 is 10.1 Å². The molecular weight excluding hydrogens is 337 g/mol. The van der Waals surface area contributed by atoms with Crippen LogP contribution in [0.3, 0.4) is 0 Å². The molecule has 20 heavy (non-hydrogen) atoms. The first-order chi connectivity index (χ1) is 9.40. The Labute approximate surface area is 121 Å². The number of rotatable bonds is 3. The first kappa shape index (κ1) is 14.6. The van der Waals surface area contributed by atoms with Crippen molar-refractivity contribution >= 4 is 27.4 Å². The maximum Gasteiger partial charge on any atom is 0.433 e. The molecule has 0 saturated heterocycles. The smallest absolute Gasteiger partial charge is 0.433 e. The van der Waals surface area contributed by atoms with Gasteiger partial charge in [-0.15, -0.1) is 0 Å². The summed E-state index contributed by atoms with van der Waals surface area (Å²) in [6.07, 6.45) is -4.48. The second kappa shape index (κ2) is 5.70. The highest BCUT2D eigenvalue weighted by Crippen LogP contribution is 2.32. The molecule has 1 N–H and O–H groups in total. The van der Waals surface area contributed by atoms with Crippen LogP contribution in [-0.2, 0) is 6.18 Å². The normalized spacial score (nSPS) is 11.2. The van der Waals surface area contributed by atoms with Gasteiger partial charge in [0, 0.05) is 5.69 Å². The Bertz CT molecular complexity index is 600. The fourth-order valence-electron chi connectivity index (χ4n) is 1.50. The maximum absolute atomic E-state index is 12.6. The molecule has 0 aliphatic carbocycles. The predicted molar refractivity (Wildman–Crippen MR) is 73.2 cm³/mol. The van der Waals surface area contributed by atoms with Gasteiger partial charge in [-0.3, -0.25) is 0 Å². The van der Waals surface area contributed by atoms with Gasteiger partial charge in [-0.2, -0.15) is 13.2 Å². The first-order valence-electron chi connectivity index (χ1n) is 5.55. The monoisotopic (exact) mass is 346 g/mol. The third kappa shape index (κ3) is 3.41. The van der Waals surface area contributed by atoms with Crippen LogP contribution in [0.25, 0.3) is 0 Å². The third-order valence-electron chi connectivity index (χ3n) is 2.49. The van der Waals surface area contributed by atoms with Gasteiger partial charge in [0.15, 0.2) is 0 Å². The molecule has 1 aromatic carbocycles. The molecule has 1 aromatic heterocycles. The van der Waals surface area contributed by atoms with Gasteiger partial charge in [0.25, 0.3) is 0 Å². The van der Waals surface area contributed by atoms with E-state index in [2.05, 4.69) is 26.2 Å². The molecule has 0 radical (unpaired) electrons. The Balaban J connectivity index is 2.27. The molecule has 0 unspecified atom stereocenters. The molecule has 2 aromatic rings. The van der Waals surface area contributed by atoms with E-state index in [0.29, 0.717) is 15.9 Å². The summed E-state index contributed by atoms with van der Waals surface area (Å²) in [5, 5.41) is 2.82. The summed E-state index contributed by atoms with van der Waals surface area (Å²) in [6, 6.07) is 9.00. The van der Waals surface area contributed by atoms with Crippen LogP contribution in [0.15, 0.2) is 40.9 Å². The molecular formula is C13H10BrF3N2O. The minimum Gasteiger partial charge on any atom is -0.497 e. The summed E-state index contributed by atoms with van der Waals surface area (Å²) in [6.45, 7) is 0. The van der Waals surface area contributed by atoms with Crippen LogP contribution in [0, 0.1) is 0 Å². The predicted octanol–water partition coefficient (Wildman–Crippen LogP) is 4.62. The number of benzene rings is 1. The Morgan fingerprint density at radius 1 is 1.10 bits per heavy atom. The van der Waals surface area contributed by atoms with E-state index in [9.17, 15) is 13.2 Å². The third-order valence-corrected chi connectivity index (χ3v) is 3.13. The standard InChI is InChI=1S/C13H10BrF3N2O/c1-20-9-4-2-8(3-5-9)18-12-10(14)6-7-11(19-12)13(15,16)17/h2-7H,1H3,(H,18,19). The molecule has 0 amide bonds. The Morgan fingerprint density at radius 3 is 2.30 bits per heavy atom. The van der Waals surface area contributed by atoms with E-state index < -0.39 is 11.9 Å². The number of alkyl halides is 3. The SMILES string of the molecule is COc1ccc(Nc2nc(C(F)(F)F)ccc2Br)cc1. The highest BCUT2D eigenvalue weighted by atomic mass is 79.9. The molecule has 0 aliphatic heterocycles. The fraction of sp³-hybridized carbons (Fsp3) is 0.154. The van der Waals surface area contributed by atoms with Crippen molar-refractivity contribution in [1.82, 2.24) is 4.98 Å². The summed E-state index contributed by atoms with van der Waals surface area (Å²) in [5.74, 6) is 0.761. The van der Waals surface area contributed by atoms with Gasteiger partial charge in [0.1, 0.15) is 17.3 Å². The van der Waals surface area contributed by atoms with E-state index >= 15 is 0 Å². The highest BCUT2D eigenvalue weighted by Gasteiger charge is 2.32. The number of aromatic nitrogens is 1. The number of pyridine rings is 1. The number of nitrogens with one attached hydrogen (secondary N) is 1. The van der Waals surface area contributed by atoms with Crippen molar-refractivity contribution in [2.75, 3.05) is 12.4 Å². The van der Waals surface area contributed by atoms with Crippen molar-refractivity contribution in [3.8, 4) is 5.75 Å². The minimum absolute atomic E-state index is 0.102.